The molecular weight excluding hydrogens is 488 g/mol. The van der Waals surface area contributed by atoms with E-state index in [1.54, 1.807) is 43.5 Å². The fraction of sp³-hybridized carbons (Fsp3) is 0.207. The highest BCUT2D eigenvalue weighted by Gasteiger charge is 2.34. The average molecular weight is 517 g/mol. The van der Waals surface area contributed by atoms with Crippen LogP contribution in [0.15, 0.2) is 95.9 Å². The predicted molar refractivity (Wildman–Crippen MR) is 145 cm³/mol. The molecule has 190 valence electrons. The van der Waals surface area contributed by atoms with Crippen molar-refractivity contribution in [3.05, 3.63) is 96.6 Å². The van der Waals surface area contributed by atoms with Crippen molar-refractivity contribution >= 4 is 40.9 Å². The lowest BCUT2D eigenvalue weighted by Crippen LogP contribution is -2.34. The van der Waals surface area contributed by atoms with Crippen molar-refractivity contribution in [3.8, 4) is 5.75 Å². The zero-order chi connectivity index (χ0) is 26.2. The second kappa shape index (κ2) is 12.3. The number of benzene rings is 3. The molecule has 1 aliphatic carbocycles. The maximum atomic E-state index is 13.4. The fourth-order valence-corrected chi connectivity index (χ4v) is 5.33. The standard InChI is InChI=1S/C29H28N2O5S/c1-36-25-17-8-7-16-24(25)31-28(33)26(19-10-3-2-4-11-19)37-21-13-9-12-20(18-21)30-27(32)22-14-5-6-15-23(22)29(34)35/h2-13,16-18,22-23,26H,14-15H2,1H3,(H,30,32)(H,31,33)(H,34,35). The molecule has 0 aliphatic heterocycles. The largest absolute Gasteiger partial charge is 0.495 e. The molecule has 0 spiro atoms. The van der Waals surface area contributed by atoms with Gasteiger partial charge in [0.15, 0.2) is 0 Å². The van der Waals surface area contributed by atoms with E-state index in [4.69, 9.17) is 4.74 Å². The summed E-state index contributed by atoms with van der Waals surface area (Å²) in [5.41, 5.74) is 1.95. The van der Waals surface area contributed by atoms with Gasteiger partial charge in [-0.15, -0.1) is 11.8 Å². The summed E-state index contributed by atoms with van der Waals surface area (Å²) in [7, 11) is 1.55. The monoisotopic (exact) mass is 516 g/mol. The second-order valence-corrected chi connectivity index (χ2v) is 9.79. The Morgan fingerprint density at radius 2 is 1.59 bits per heavy atom. The van der Waals surface area contributed by atoms with Gasteiger partial charge in [0.25, 0.3) is 0 Å². The van der Waals surface area contributed by atoms with Crippen molar-refractivity contribution in [1.29, 1.82) is 0 Å². The number of rotatable bonds is 9. The Morgan fingerprint density at radius 3 is 2.32 bits per heavy atom. The predicted octanol–water partition coefficient (Wildman–Crippen LogP) is 5.77. The smallest absolute Gasteiger partial charge is 0.307 e. The minimum atomic E-state index is -0.972. The number of methoxy groups -OCH3 is 1. The number of ether oxygens (including phenoxy) is 1. The van der Waals surface area contributed by atoms with Gasteiger partial charge in [0, 0.05) is 10.6 Å². The normalized spacial score (nSPS) is 17.4. The van der Waals surface area contributed by atoms with Crippen LogP contribution in [0.1, 0.15) is 23.7 Å². The molecule has 1 aliphatic rings. The Bertz CT molecular complexity index is 1290. The second-order valence-electron chi connectivity index (χ2n) is 8.61. The highest BCUT2D eigenvalue weighted by molar-refractivity contribution is 8.00. The number of hydrogen-bond acceptors (Lipinski definition) is 5. The number of hydrogen-bond donors (Lipinski definition) is 3. The molecule has 0 saturated carbocycles. The van der Waals surface area contributed by atoms with E-state index in [1.807, 2.05) is 54.6 Å². The van der Waals surface area contributed by atoms with E-state index in [1.165, 1.54) is 11.8 Å². The van der Waals surface area contributed by atoms with Crippen LogP contribution in [-0.2, 0) is 14.4 Å². The van der Waals surface area contributed by atoms with Gasteiger partial charge in [-0.3, -0.25) is 14.4 Å². The van der Waals surface area contributed by atoms with Gasteiger partial charge in [0.1, 0.15) is 11.0 Å². The van der Waals surface area contributed by atoms with Crippen molar-refractivity contribution in [2.24, 2.45) is 11.8 Å². The first-order chi connectivity index (χ1) is 18.0. The van der Waals surface area contributed by atoms with E-state index in [9.17, 15) is 19.5 Å². The topological polar surface area (TPSA) is 105 Å². The molecule has 7 nitrogen and oxygen atoms in total. The van der Waals surface area contributed by atoms with Gasteiger partial charge < -0.3 is 20.5 Å². The van der Waals surface area contributed by atoms with Gasteiger partial charge in [-0.1, -0.05) is 60.7 Å². The van der Waals surface area contributed by atoms with Crippen LogP contribution in [-0.4, -0.2) is 30.0 Å². The van der Waals surface area contributed by atoms with Gasteiger partial charge in [0.05, 0.1) is 24.6 Å². The molecule has 37 heavy (non-hydrogen) atoms. The quantitative estimate of drug-likeness (QED) is 0.246. The minimum absolute atomic E-state index is 0.214. The third kappa shape index (κ3) is 6.59. The summed E-state index contributed by atoms with van der Waals surface area (Å²) >= 11 is 1.36. The number of carbonyl (C=O) groups is 3. The number of anilines is 2. The number of para-hydroxylation sites is 2. The van der Waals surface area contributed by atoms with Gasteiger partial charge in [-0.25, -0.2) is 0 Å². The maximum absolute atomic E-state index is 13.4. The Kier molecular flexibility index (Phi) is 8.64. The molecule has 8 heteroatoms. The molecule has 3 atom stereocenters. The van der Waals surface area contributed by atoms with Gasteiger partial charge in [0.2, 0.25) is 11.8 Å². The van der Waals surface area contributed by atoms with Crippen molar-refractivity contribution in [2.45, 2.75) is 23.0 Å². The molecule has 3 aromatic carbocycles. The molecule has 3 unspecified atom stereocenters. The first kappa shape index (κ1) is 26.0. The summed E-state index contributed by atoms with van der Waals surface area (Å²) in [6.45, 7) is 0. The molecule has 3 aromatic rings. The van der Waals surface area contributed by atoms with Crippen molar-refractivity contribution in [2.75, 3.05) is 17.7 Å². The molecule has 0 radical (unpaired) electrons. The van der Waals surface area contributed by atoms with Crippen molar-refractivity contribution < 1.29 is 24.2 Å². The summed E-state index contributed by atoms with van der Waals surface area (Å²) in [5, 5.41) is 14.8. The Morgan fingerprint density at radius 1 is 0.892 bits per heavy atom. The van der Waals surface area contributed by atoms with Crippen LogP contribution in [0.5, 0.6) is 5.75 Å². The summed E-state index contributed by atoms with van der Waals surface area (Å²) in [5.74, 6) is -2.33. The number of aliphatic carboxylic acids is 1. The molecule has 2 amide bonds. The van der Waals surface area contributed by atoms with Gasteiger partial charge in [-0.2, -0.15) is 0 Å². The summed E-state index contributed by atoms with van der Waals surface area (Å²) in [4.78, 5) is 38.7. The summed E-state index contributed by atoms with van der Waals surface area (Å²) in [6.07, 6.45) is 4.38. The fourth-order valence-electron chi connectivity index (χ4n) is 4.24. The lowest BCUT2D eigenvalue weighted by molar-refractivity contribution is -0.146. The highest BCUT2D eigenvalue weighted by atomic mass is 32.2. The zero-order valence-corrected chi connectivity index (χ0v) is 21.1. The average Bonchev–Trinajstić information content (AvgIpc) is 2.92. The van der Waals surface area contributed by atoms with Gasteiger partial charge >= 0.3 is 5.97 Å². The van der Waals surface area contributed by atoms with Crippen LogP contribution in [0.4, 0.5) is 11.4 Å². The molecule has 0 fully saturated rings. The number of amides is 2. The number of allylic oxidation sites excluding steroid dienone is 2. The summed E-state index contributed by atoms with van der Waals surface area (Å²) in [6, 6.07) is 23.9. The summed E-state index contributed by atoms with van der Waals surface area (Å²) < 4.78 is 5.37. The lowest BCUT2D eigenvalue weighted by atomic mass is 9.82. The maximum Gasteiger partial charge on any atom is 0.307 e. The Labute approximate surface area is 219 Å². The van der Waals surface area contributed by atoms with Crippen LogP contribution in [0.25, 0.3) is 0 Å². The third-order valence-electron chi connectivity index (χ3n) is 6.15. The van der Waals surface area contributed by atoms with E-state index in [-0.39, 0.29) is 11.8 Å². The van der Waals surface area contributed by atoms with E-state index >= 15 is 0 Å². The van der Waals surface area contributed by atoms with E-state index < -0.39 is 23.1 Å². The number of thioether (sulfide) groups is 1. The number of carbonyl (C=O) groups excluding carboxylic acids is 2. The van der Waals surface area contributed by atoms with E-state index in [2.05, 4.69) is 10.6 Å². The van der Waals surface area contributed by atoms with E-state index in [0.29, 0.717) is 30.0 Å². The Hall–Kier alpha value is -4.04. The van der Waals surface area contributed by atoms with Crippen molar-refractivity contribution in [3.63, 3.8) is 0 Å². The molecule has 4 rings (SSSR count). The van der Waals surface area contributed by atoms with Crippen LogP contribution in [0.3, 0.4) is 0 Å². The molecule has 0 aromatic heterocycles. The lowest BCUT2D eigenvalue weighted by Gasteiger charge is -2.24. The molecule has 0 bridgehead atoms. The molecule has 0 heterocycles. The van der Waals surface area contributed by atoms with Crippen molar-refractivity contribution in [1.82, 2.24) is 0 Å². The number of carboxylic acid groups (broad SMARTS) is 1. The molecular formula is C29H28N2O5S. The minimum Gasteiger partial charge on any atom is -0.495 e. The first-order valence-corrected chi connectivity index (χ1v) is 12.8. The SMILES string of the molecule is COc1ccccc1NC(=O)C(Sc1cccc(NC(=O)C2CC=CCC2C(=O)O)c1)c1ccccc1. The molecule has 0 saturated heterocycles. The van der Waals surface area contributed by atoms with E-state index in [0.717, 1.165) is 10.5 Å². The first-order valence-electron chi connectivity index (χ1n) is 11.9. The van der Waals surface area contributed by atoms with Gasteiger partial charge in [-0.05, 0) is 48.7 Å². The highest BCUT2D eigenvalue weighted by Crippen LogP contribution is 2.38. The zero-order valence-electron chi connectivity index (χ0n) is 20.3. The van der Waals surface area contributed by atoms with Crippen LogP contribution >= 0.6 is 11.8 Å². The third-order valence-corrected chi connectivity index (χ3v) is 7.40. The number of nitrogens with one attached hydrogen (secondary N) is 2. The van der Waals surface area contributed by atoms with Crippen LogP contribution in [0.2, 0.25) is 0 Å². The number of carboxylic acids is 1. The Balaban J connectivity index is 1.53. The molecule has 3 N–H and O–H groups in total. The van der Waals surface area contributed by atoms with Crippen LogP contribution in [0, 0.1) is 11.8 Å². The van der Waals surface area contributed by atoms with Crippen LogP contribution < -0.4 is 15.4 Å².